The standard InChI is InChI=1S/C22H22N2O2/c1-15-8-9-20-18(12-15)19(13-16(2)23-20)22(25)24-10-11-26-21(14-24)17-6-4-3-5-7-17/h3-9,12-13,21H,10-11,14H2,1-2H3. The van der Waals surface area contributed by atoms with Crippen LogP contribution in [0.4, 0.5) is 0 Å². The van der Waals surface area contributed by atoms with Gasteiger partial charge in [-0.2, -0.15) is 0 Å². The van der Waals surface area contributed by atoms with E-state index in [0.717, 1.165) is 33.3 Å². The van der Waals surface area contributed by atoms with Crippen molar-refractivity contribution < 1.29 is 9.53 Å². The first kappa shape index (κ1) is 16.7. The molecule has 1 aromatic heterocycles. The number of carbonyl (C=O) groups excluding carboxylic acids is 1. The van der Waals surface area contributed by atoms with Crippen LogP contribution < -0.4 is 0 Å². The third-order valence-corrected chi connectivity index (χ3v) is 4.85. The van der Waals surface area contributed by atoms with Crippen LogP contribution in [0.2, 0.25) is 0 Å². The molecule has 0 N–H and O–H groups in total. The number of hydrogen-bond acceptors (Lipinski definition) is 3. The molecular weight excluding hydrogens is 324 g/mol. The molecule has 1 atom stereocenters. The smallest absolute Gasteiger partial charge is 0.254 e. The lowest BCUT2D eigenvalue weighted by molar-refractivity contribution is -0.0227. The first-order valence-electron chi connectivity index (χ1n) is 8.95. The summed E-state index contributed by atoms with van der Waals surface area (Å²) in [5.74, 6) is 0.0512. The van der Waals surface area contributed by atoms with Crippen LogP contribution in [0, 0.1) is 13.8 Å². The zero-order chi connectivity index (χ0) is 18.1. The van der Waals surface area contributed by atoms with Crippen LogP contribution in [-0.2, 0) is 4.74 Å². The molecule has 2 heterocycles. The molecule has 0 radical (unpaired) electrons. The molecule has 1 saturated heterocycles. The summed E-state index contributed by atoms with van der Waals surface area (Å²) >= 11 is 0. The molecule has 2 aromatic carbocycles. The predicted molar refractivity (Wildman–Crippen MR) is 102 cm³/mol. The number of carbonyl (C=O) groups is 1. The molecule has 0 saturated carbocycles. The average molecular weight is 346 g/mol. The maximum absolute atomic E-state index is 13.3. The molecule has 3 aromatic rings. The molecule has 26 heavy (non-hydrogen) atoms. The highest BCUT2D eigenvalue weighted by molar-refractivity contribution is 6.06. The van der Waals surface area contributed by atoms with Crippen LogP contribution in [-0.4, -0.2) is 35.5 Å². The van der Waals surface area contributed by atoms with Gasteiger partial charge < -0.3 is 9.64 Å². The van der Waals surface area contributed by atoms with E-state index >= 15 is 0 Å². The van der Waals surface area contributed by atoms with Crippen molar-refractivity contribution in [2.45, 2.75) is 20.0 Å². The summed E-state index contributed by atoms with van der Waals surface area (Å²) in [6.45, 7) is 5.69. The largest absolute Gasteiger partial charge is 0.370 e. The number of aromatic nitrogens is 1. The second kappa shape index (κ2) is 6.89. The molecular formula is C22H22N2O2. The SMILES string of the molecule is Cc1ccc2nc(C)cc(C(=O)N3CCOC(c4ccccc4)C3)c2c1. The Kier molecular flexibility index (Phi) is 4.43. The topological polar surface area (TPSA) is 42.4 Å². The van der Waals surface area contributed by atoms with E-state index in [1.54, 1.807) is 0 Å². The van der Waals surface area contributed by atoms with E-state index in [9.17, 15) is 4.79 Å². The van der Waals surface area contributed by atoms with E-state index < -0.39 is 0 Å². The van der Waals surface area contributed by atoms with Crippen LogP contribution in [0.3, 0.4) is 0 Å². The third-order valence-electron chi connectivity index (χ3n) is 4.85. The van der Waals surface area contributed by atoms with Gasteiger partial charge in [0.15, 0.2) is 0 Å². The number of ether oxygens (including phenoxy) is 1. The maximum Gasteiger partial charge on any atom is 0.254 e. The number of fused-ring (bicyclic) bond motifs is 1. The summed E-state index contributed by atoms with van der Waals surface area (Å²) in [5, 5.41) is 0.920. The summed E-state index contributed by atoms with van der Waals surface area (Å²) in [5.41, 5.74) is 4.69. The molecule has 132 valence electrons. The van der Waals surface area contributed by atoms with Crippen molar-refractivity contribution in [1.82, 2.24) is 9.88 Å². The van der Waals surface area contributed by atoms with Gasteiger partial charge in [-0.1, -0.05) is 42.0 Å². The third kappa shape index (κ3) is 3.20. The van der Waals surface area contributed by atoms with E-state index in [1.807, 2.05) is 73.3 Å². The van der Waals surface area contributed by atoms with E-state index in [2.05, 4.69) is 4.98 Å². The molecule has 4 nitrogen and oxygen atoms in total. The Hall–Kier alpha value is -2.72. The highest BCUT2D eigenvalue weighted by Crippen LogP contribution is 2.26. The fourth-order valence-corrected chi connectivity index (χ4v) is 3.52. The Morgan fingerprint density at radius 2 is 1.92 bits per heavy atom. The fraction of sp³-hybridized carbons (Fsp3) is 0.273. The molecule has 0 bridgehead atoms. The molecule has 0 spiro atoms. The lowest BCUT2D eigenvalue weighted by Gasteiger charge is -2.33. The van der Waals surface area contributed by atoms with Gasteiger partial charge in [0.2, 0.25) is 0 Å². The van der Waals surface area contributed by atoms with E-state index in [4.69, 9.17) is 4.74 Å². The van der Waals surface area contributed by atoms with E-state index in [1.165, 1.54) is 0 Å². The van der Waals surface area contributed by atoms with Gasteiger partial charge in [0.1, 0.15) is 6.10 Å². The molecule has 1 aliphatic rings. The maximum atomic E-state index is 13.3. The Balaban J connectivity index is 1.67. The van der Waals surface area contributed by atoms with Crippen molar-refractivity contribution in [2.75, 3.05) is 19.7 Å². The highest BCUT2D eigenvalue weighted by Gasteiger charge is 2.27. The Labute approximate surface area is 153 Å². The zero-order valence-electron chi connectivity index (χ0n) is 15.1. The number of nitrogens with zero attached hydrogens (tertiary/aromatic N) is 2. The van der Waals surface area contributed by atoms with Gasteiger partial charge in [-0.3, -0.25) is 9.78 Å². The van der Waals surface area contributed by atoms with Gasteiger partial charge in [0, 0.05) is 17.6 Å². The summed E-state index contributed by atoms with van der Waals surface area (Å²) in [7, 11) is 0. The second-order valence-electron chi connectivity index (χ2n) is 6.85. The number of aryl methyl sites for hydroxylation is 2. The monoisotopic (exact) mass is 346 g/mol. The minimum atomic E-state index is -0.0789. The first-order valence-corrected chi connectivity index (χ1v) is 8.95. The lowest BCUT2D eigenvalue weighted by Crippen LogP contribution is -2.42. The van der Waals surface area contributed by atoms with Gasteiger partial charge in [-0.05, 0) is 37.6 Å². The summed E-state index contributed by atoms with van der Waals surface area (Å²) < 4.78 is 5.90. The predicted octanol–water partition coefficient (Wildman–Crippen LogP) is 4.07. The Morgan fingerprint density at radius 3 is 2.73 bits per heavy atom. The molecule has 4 rings (SSSR count). The summed E-state index contributed by atoms with van der Waals surface area (Å²) in [6, 6.07) is 18.1. The molecule has 1 unspecified atom stereocenters. The van der Waals surface area contributed by atoms with Crippen LogP contribution in [0.1, 0.15) is 33.3 Å². The summed E-state index contributed by atoms with van der Waals surface area (Å²) in [6.07, 6.45) is -0.0789. The minimum absolute atomic E-state index is 0.0512. The van der Waals surface area contributed by atoms with Crippen molar-refractivity contribution >= 4 is 16.8 Å². The first-order chi connectivity index (χ1) is 12.6. The number of benzene rings is 2. The van der Waals surface area contributed by atoms with Crippen LogP contribution in [0.15, 0.2) is 54.6 Å². The van der Waals surface area contributed by atoms with Crippen molar-refractivity contribution in [1.29, 1.82) is 0 Å². The normalized spacial score (nSPS) is 17.5. The molecule has 4 heteroatoms. The molecule has 1 aliphatic heterocycles. The number of morpholine rings is 1. The molecule has 1 amide bonds. The summed E-state index contributed by atoms with van der Waals surface area (Å²) in [4.78, 5) is 19.8. The van der Waals surface area contributed by atoms with E-state index in [-0.39, 0.29) is 12.0 Å². The minimum Gasteiger partial charge on any atom is -0.370 e. The van der Waals surface area contributed by atoms with Gasteiger partial charge in [0.05, 0.1) is 24.2 Å². The van der Waals surface area contributed by atoms with Crippen molar-refractivity contribution in [3.05, 3.63) is 77.0 Å². The zero-order valence-corrected chi connectivity index (χ0v) is 15.1. The van der Waals surface area contributed by atoms with Gasteiger partial charge >= 0.3 is 0 Å². The fourth-order valence-electron chi connectivity index (χ4n) is 3.52. The van der Waals surface area contributed by atoms with Crippen LogP contribution in [0.5, 0.6) is 0 Å². The number of amides is 1. The van der Waals surface area contributed by atoms with Crippen molar-refractivity contribution in [3.8, 4) is 0 Å². The van der Waals surface area contributed by atoms with Crippen molar-refractivity contribution in [3.63, 3.8) is 0 Å². The van der Waals surface area contributed by atoms with E-state index in [0.29, 0.717) is 19.7 Å². The van der Waals surface area contributed by atoms with Gasteiger partial charge in [-0.15, -0.1) is 0 Å². The highest BCUT2D eigenvalue weighted by atomic mass is 16.5. The molecule has 0 aliphatic carbocycles. The average Bonchev–Trinajstić information content (AvgIpc) is 2.68. The molecule has 1 fully saturated rings. The number of hydrogen-bond donors (Lipinski definition) is 0. The van der Waals surface area contributed by atoms with Gasteiger partial charge in [-0.25, -0.2) is 0 Å². The Morgan fingerprint density at radius 1 is 1.12 bits per heavy atom. The Bertz CT molecular complexity index is 953. The second-order valence-corrected chi connectivity index (χ2v) is 6.85. The quantitative estimate of drug-likeness (QED) is 0.702. The van der Waals surface area contributed by atoms with Crippen LogP contribution >= 0.6 is 0 Å². The van der Waals surface area contributed by atoms with Crippen LogP contribution in [0.25, 0.3) is 10.9 Å². The number of rotatable bonds is 2. The van der Waals surface area contributed by atoms with Crippen molar-refractivity contribution in [2.24, 2.45) is 0 Å². The number of pyridine rings is 1. The lowest BCUT2D eigenvalue weighted by atomic mass is 10.0. The van der Waals surface area contributed by atoms with Gasteiger partial charge in [0.25, 0.3) is 5.91 Å².